The first kappa shape index (κ1) is 11.3. The van der Waals surface area contributed by atoms with E-state index in [1.54, 1.807) is 0 Å². The van der Waals surface area contributed by atoms with Gasteiger partial charge in [0.1, 0.15) is 0 Å². The molecular weight excluding hydrogens is 172 g/mol. The molecule has 0 amide bonds. The van der Waals surface area contributed by atoms with Crippen molar-refractivity contribution in [2.24, 2.45) is 0 Å². The molecule has 0 radical (unpaired) electrons. The number of aromatic nitrogens is 2. The van der Waals surface area contributed by atoms with Gasteiger partial charge in [0.2, 0.25) is 0 Å². The molecule has 2 nitrogen and oxygen atoms in total. The molecular formula is C12H22N2. The normalized spacial score (nSPS) is 12.4. The van der Waals surface area contributed by atoms with Gasteiger partial charge < -0.3 is 4.57 Å². The molecule has 1 rings (SSSR count). The highest BCUT2D eigenvalue weighted by Gasteiger charge is 2.22. The Morgan fingerprint density at radius 3 is 2.50 bits per heavy atom. The number of nitrogens with zero attached hydrogens (tertiary/aromatic N) is 2. The second-order valence-electron chi connectivity index (χ2n) is 4.93. The van der Waals surface area contributed by atoms with E-state index >= 15 is 0 Å². The Kier molecular flexibility index (Phi) is 3.35. The minimum Gasteiger partial charge on any atom is -0.335 e. The quantitative estimate of drug-likeness (QED) is 0.717. The minimum atomic E-state index is 0.217. The Bertz CT molecular complexity index is 284. The van der Waals surface area contributed by atoms with Crippen molar-refractivity contribution >= 4 is 0 Å². The molecule has 1 heterocycles. The molecule has 0 fully saturated rings. The van der Waals surface area contributed by atoms with Crippen LogP contribution in [0.15, 0.2) is 12.5 Å². The predicted molar refractivity (Wildman–Crippen MR) is 60.5 cm³/mol. The molecule has 0 aliphatic carbocycles. The Morgan fingerprint density at radius 1 is 1.43 bits per heavy atom. The second kappa shape index (κ2) is 4.16. The molecule has 0 saturated heterocycles. The van der Waals surface area contributed by atoms with Crippen LogP contribution in [0.4, 0.5) is 0 Å². The Balaban J connectivity index is 2.85. The Morgan fingerprint density at radius 2 is 2.07 bits per heavy atom. The van der Waals surface area contributed by atoms with Gasteiger partial charge in [-0.25, -0.2) is 4.98 Å². The average Bonchev–Trinajstić information content (AvgIpc) is 2.51. The largest absolute Gasteiger partial charge is 0.335 e. The molecule has 0 aliphatic rings. The lowest BCUT2D eigenvalue weighted by Crippen LogP contribution is -2.17. The zero-order valence-electron chi connectivity index (χ0n) is 10.0. The fourth-order valence-corrected chi connectivity index (χ4v) is 1.72. The molecule has 1 aromatic heterocycles. The van der Waals surface area contributed by atoms with E-state index in [0.29, 0.717) is 6.04 Å². The van der Waals surface area contributed by atoms with Crippen LogP contribution in [-0.4, -0.2) is 9.55 Å². The van der Waals surface area contributed by atoms with Crippen molar-refractivity contribution in [2.45, 2.75) is 58.9 Å². The summed E-state index contributed by atoms with van der Waals surface area (Å²) < 4.78 is 2.17. The van der Waals surface area contributed by atoms with Gasteiger partial charge in [0.15, 0.2) is 0 Å². The van der Waals surface area contributed by atoms with Crippen molar-refractivity contribution in [1.82, 2.24) is 9.55 Å². The summed E-state index contributed by atoms with van der Waals surface area (Å²) >= 11 is 0. The third kappa shape index (κ3) is 2.37. The standard InChI is InChI=1S/C12H22N2/c1-6-7-12(4,5)11-8-14(9-13-11)10(2)3/h8-10H,6-7H2,1-5H3. The highest BCUT2D eigenvalue weighted by atomic mass is 15.1. The second-order valence-corrected chi connectivity index (χ2v) is 4.93. The van der Waals surface area contributed by atoms with Crippen molar-refractivity contribution in [3.05, 3.63) is 18.2 Å². The molecule has 0 unspecified atom stereocenters. The zero-order valence-corrected chi connectivity index (χ0v) is 10.0. The van der Waals surface area contributed by atoms with E-state index in [0.717, 1.165) is 0 Å². The van der Waals surface area contributed by atoms with Gasteiger partial charge in [-0.3, -0.25) is 0 Å². The predicted octanol–water partition coefficient (Wildman–Crippen LogP) is 3.54. The monoisotopic (exact) mass is 194 g/mol. The van der Waals surface area contributed by atoms with E-state index < -0.39 is 0 Å². The summed E-state index contributed by atoms with van der Waals surface area (Å²) in [5, 5.41) is 0. The van der Waals surface area contributed by atoms with Gasteiger partial charge in [-0.05, 0) is 20.3 Å². The first-order valence-electron chi connectivity index (χ1n) is 5.51. The van der Waals surface area contributed by atoms with Crippen molar-refractivity contribution in [3.8, 4) is 0 Å². The first-order valence-corrected chi connectivity index (χ1v) is 5.51. The minimum absolute atomic E-state index is 0.217. The molecule has 0 N–H and O–H groups in total. The van der Waals surface area contributed by atoms with Crippen LogP contribution in [0.5, 0.6) is 0 Å². The fourth-order valence-electron chi connectivity index (χ4n) is 1.72. The molecule has 0 saturated carbocycles. The topological polar surface area (TPSA) is 17.8 Å². The maximum Gasteiger partial charge on any atom is 0.0952 e. The van der Waals surface area contributed by atoms with Crippen molar-refractivity contribution < 1.29 is 0 Å². The van der Waals surface area contributed by atoms with Gasteiger partial charge in [-0.1, -0.05) is 27.2 Å². The number of rotatable bonds is 4. The highest BCUT2D eigenvalue weighted by molar-refractivity contribution is 5.11. The van der Waals surface area contributed by atoms with E-state index in [-0.39, 0.29) is 5.41 Å². The number of imidazole rings is 1. The lowest BCUT2D eigenvalue weighted by Gasteiger charge is -2.21. The molecule has 0 atom stereocenters. The lowest BCUT2D eigenvalue weighted by atomic mass is 9.85. The van der Waals surface area contributed by atoms with E-state index in [1.165, 1.54) is 18.5 Å². The van der Waals surface area contributed by atoms with Crippen LogP contribution >= 0.6 is 0 Å². The molecule has 1 aromatic rings. The van der Waals surface area contributed by atoms with Crippen LogP contribution in [0.2, 0.25) is 0 Å². The van der Waals surface area contributed by atoms with Gasteiger partial charge in [-0.2, -0.15) is 0 Å². The van der Waals surface area contributed by atoms with Crippen molar-refractivity contribution in [3.63, 3.8) is 0 Å². The Labute approximate surface area is 87.4 Å². The fraction of sp³-hybridized carbons (Fsp3) is 0.750. The van der Waals surface area contributed by atoms with Crippen LogP contribution in [0.25, 0.3) is 0 Å². The first-order chi connectivity index (χ1) is 6.47. The van der Waals surface area contributed by atoms with Gasteiger partial charge in [-0.15, -0.1) is 0 Å². The van der Waals surface area contributed by atoms with Crippen LogP contribution in [0, 0.1) is 0 Å². The summed E-state index contributed by atoms with van der Waals surface area (Å²) in [6.07, 6.45) is 6.53. The van der Waals surface area contributed by atoms with Crippen molar-refractivity contribution in [1.29, 1.82) is 0 Å². The third-order valence-electron chi connectivity index (χ3n) is 2.77. The SMILES string of the molecule is CCCC(C)(C)c1cn(C(C)C)cn1. The molecule has 0 bridgehead atoms. The molecule has 14 heavy (non-hydrogen) atoms. The lowest BCUT2D eigenvalue weighted by molar-refractivity contribution is 0.460. The van der Waals surface area contributed by atoms with Crippen molar-refractivity contribution in [2.75, 3.05) is 0 Å². The summed E-state index contributed by atoms with van der Waals surface area (Å²) in [6.45, 7) is 11.1. The van der Waals surface area contributed by atoms with Gasteiger partial charge in [0, 0.05) is 17.7 Å². The molecule has 80 valence electrons. The number of hydrogen-bond acceptors (Lipinski definition) is 1. The summed E-state index contributed by atoms with van der Waals surface area (Å²) in [7, 11) is 0. The van der Waals surface area contributed by atoms with Crippen LogP contribution < -0.4 is 0 Å². The zero-order chi connectivity index (χ0) is 10.8. The number of hydrogen-bond donors (Lipinski definition) is 0. The molecule has 0 aromatic carbocycles. The summed E-state index contributed by atoms with van der Waals surface area (Å²) in [4.78, 5) is 4.49. The van der Waals surface area contributed by atoms with E-state index in [4.69, 9.17) is 0 Å². The molecule has 2 heteroatoms. The van der Waals surface area contributed by atoms with E-state index in [1.807, 2.05) is 6.33 Å². The van der Waals surface area contributed by atoms with Gasteiger partial charge in [0.25, 0.3) is 0 Å². The Hall–Kier alpha value is -0.790. The summed E-state index contributed by atoms with van der Waals surface area (Å²) in [5.41, 5.74) is 1.43. The van der Waals surface area contributed by atoms with E-state index in [9.17, 15) is 0 Å². The smallest absolute Gasteiger partial charge is 0.0952 e. The average molecular weight is 194 g/mol. The maximum absolute atomic E-state index is 4.49. The van der Waals surface area contributed by atoms with Gasteiger partial charge >= 0.3 is 0 Å². The van der Waals surface area contributed by atoms with Crippen LogP contribution in [-0.2, 0) is 5.41 Å². The third-order valence-corrected chi connectivity index (χ3v) is 2.77. The summed E-state index contributed by atoms with van der Waals surface area (Å²) in [5.74, 6) is 0. The molecule has 0 aliphatic heterocycles. The summed E-state index contributed by atoms with van der Waals surface area (Å²) in [6, 6.07) is 0.508. The highest BCUT2D eigenvalue weighted by Crippen LogP contribution is 2.27. The van der Waals surface area contributed by atoms with E-state index in [2.05, 4.69) is 50.4 Å². The van der Waals surface area contributed by atoms with Crippen LogP contribution in [0.3, 0.4) is 0 Å². The van der Waals surface area contributed by atoms with Gasteiger partial charge in [0.05, 0.1) is 12.0 Å². The van der Waals surface area contributed by atoms with Crippen LogP contribution in [0.1, 0.15) is 59.2 Å². The maximum atomic E-state index is 4.49. The molecule has 0 spiro atoms.